The zero-order valence-corrected chi connectivity index (χ0v) is 41.9. The van der Waals surface area contributed by atoms with Crippen molar-refractivity contribution in [1.29, 1.82) is 0 Å². The van der Waals surface area contributed by atoms with Crippen molar-refractivity contribution in [3.05, 3.63) is 85.1 Å². The molecule has 0 radical (unpaired) electrons. The number of hydrogen-bond acceptors (Lipinski definition) is 5. The predicted octanol–water partition coefficient (Wildman–Crippen LogP) is 16.3. The maximum Gasteiger partial charge on any atom is 0.306 e. The van der Waals surface area contributed by atoms with E-state index in [0.29, 0.717) is 19.3 Å². The predicted molar refractivity (Wildman–Crippen MR) is 278 cm³/mol. The molecule has 0 fully saturated rings. The Balaban J connectivity index is 4.59. The van der Waals surface area contributed by atoms with Gasteiger partial charge in [-0.15, -0.1) is 0 Å². The quantitative estimate of drug-likeness (QED) is 0.0321. The van der Waals surface area contributed by atoms with Crippen LogP contribution in [0.5, 0.6) is 0 Å². The Labute approximate surface area is 395 Å². The number of nitrogens with one attached hydrogen (secondary N) is 1. The number of ether oxygens (including phenoxy) is 1. The summed E-state index contributed by atoms with van der Waals surface area (Å²) in [6.45, 7) is 6.31. The number of carbonyl (C=O) groups is 2. The third-order valence-corrected chi connectivity index (χ3v) is 11.9. The normalized spacial score (nSPS) is 13.9. The molecule has 0 aromatic heterocycles. The number of rotatable bonds is 47. The van der Waals surface area contributed by atoms with Crippen molar-refractivity contribution in [2.24, 2.45) is 0 Å². The Morgan fingerprint density at radius 3 is 1.31 bits per heavy atom. The number of esters is 1. The minimum absolute atomic E-state index is 0.0197. The van der Waals surface area contributed by atoms with Crippen molar-refractivity contribution in [2.45, 2.75) is 264 Å². The lowest BCUT2D eigenvalue weighted by atomic mass is 10.0. The maximum absolute atomic E-state index is 13.2. The Bertz CT molecular complexity index is 1230. The molecule has 0 aromatic rings. The summed E-state index contributed by atoms with van der Waals surface area (Å²) < 4.78 is 5.89. The van der Waals surface area contributed by atoms with Crippen LogP contribution in [0.3, 0.4) is 0 Å². The van der Waals surface area contributed by atoms with Gasteiger partial charge >= 0.3 is 5.97 Å². The summed E-state index contributed by atoms with van der Waals surface area (Å²) >= 11 is 0. The first-order valence-corrected chi connectivity index (χ1v) is 26.9. The molecule has 6 nitrogen and oxygen atoms in total. The van der Waals surface area contributed by atoms with Crippen LogP contribution in [-0.2, 0) is 14.3 Å². The Hall–Kier alpha value is -2.96. The topological polar surface area (TPSA) is 95.9 Å². The van der Waals surface area contributed by atoms with Crippen molar-refractivity contribution < 1.29 is 24.5 Å². The lowest BCUT2D eigenvalue weighted by Crippen LogP contribution is -2.46. The molecule has 0 saturated carbocycles. The number of hydrogen-bond donors (Lipinski definition) is 3. The number of unbranched alkanes of at least 4 members (excludes halogenated alkanes) is 26. The molecule has 64 heavy (non-hydrogen) atoms. The van der Waals surface area contributed by atoms with E-state index in [1.165, 1.54) is 116 Å². The Kier molecular flexibility index (Phi) is 48.7. The standard InChI is InChI=1S/C58H101NO5/c1-4-7-10-13-16-19-22-24-26-28-29-31-33-36-39-42-45-48-51-58(63)64-54(49-46-43-40-37-34-21-18-15-12-9-6-3)52-57(62)59-55(53-60)56(61)50-47-44-41-38-35-32-30-27-25-23-20-17-14-11-8-5-2/h9,12,15,18,21-22,24,26,28-29,31,34,37,40,54-56,60-61H,4-8,10-11,13-14,16-17,19-20,23,25,27,30,32-33,35-36,38-39,41-53H2,1-3H3,(H,59,62)/b12-9+,18-15+,24-22+,28-26+,31-29+,34-21-,40-37-. The lowest BCUT2D eigenvalue weighted by molar-refractivity contribution is -0.151. The van der Waals surface area contributed by atoms with E-state index in [0.717, 1.165) is 83.5 Å². The van der Waals surface area contributed by atoms with E-state index < -0.39 is 18.2 Å². The smallest absolute Gasteiger partial charge is 0.306 e. The molecule has 1 amide bonds. The second-order valence-corrected chi connectivity index (χ2v) is 18.0. The highest BCUT2D eigenvalue weighted by Gasteiger charge is 2.24. The van der Waals surface area contributed by atoms with Crippen LogP contribution in [0.2, 0.25) is 0 Å². The van der Waals surface area contributed by atoms with Gasteiger partial charge in [0.05, 0.1) is 25.2 Å². The first kappa shape index (κ1) is 61.0. The number of amides is 1. The van der Waals surface area contributed by atoms with Gasteiger partial charge in [0.2, 0.25) is 5.91 Å². The van der Waals surface area contributed by atoms with Crippen LogP contribution in [0.25, 0.3) is 0 Å². The average Bonchev–Trinajstić information content (AvgIpc) is 3.29. The van der Waals surface area contributed by atoms with Gasteiger partial charge in [0, 0.05) is 6.42 Å². The van der Waals surface area contributed by atoms with Crippen LogP contribution < -0.4 is 5.32 Å². The van der Waals surface area contributed by atoms with E-state index in [1.54, 1.807) is 0 Å². The fraction of sp³-hybridized carbons (Fsp3) is 0.724. The van der Waals surface area contributed by atoms with Gasteiger partial charge in [0.25, 0.3) is 0 Å². The van der Waals surface area contributed by atoms with Crippen molar-refractivity contribution >= 4 is 11.9 Å². The van der Waals surface area contributed by atoms with Gasteiger partial charge in [-0.1, -0.05) is 254 Å². The summed E-state index contributed by atoms with van der Waals surface area (Å²) in [6.07, 6.45) is 66.5. The van der Waals surface area contributed by atoms with E-state index in [-0.39, 0.29) is 24.9 Å². The van der Waals surface area contributed by atoms with Crippen LogP contribution >= 0.6 is 0 Å². The summed E-state index contributed by atoms with van der Waals surface area (Å²) in [7, 11) is 0. The maximum atomic E-state index is 13.2. The van der Waals surface area contributed by atoms with Gasteiger partial charge in [-0.05, 0) is 64.2 Å². The van der Waals surface area contributed by atoms with E-state index in [9.17, 15) is 19.8 Å². The number of aliphatic hydroxyl groups excluding tert-OH is 2. The Morgan fingerprint density at radius 1 is 0.469 bits per heavy atom. The average molecular weight is 892 g/mol. The molecule has 3 atom stereocenters. The molecule has 0 spiro atoms. The first-order valence-electron chi connectivity index (χ1n) is 26.9. The molecule has 0 rings (SSSR count). The molecular weight excluding hydrogens is 791 g/mol. The molecule has 6 heteroatoms. The lowest BCUT2D eigenvalue weighted by Gasteiger charge is -2.24. The minimum atomic E-state index is -0.813. The molecule has 3 unspecified atom stereocenters. The van der Waals surface area contributed by atoms with E-state index in [2.05, 4.69) is 74.7 Å². The molecular formula is C58H101NO5. The number of carbonyl (C=O) groups excluding carboxylic acids is 2. The van der Waals surface area contributed by atoms with Gasteiger partial charge in [0.1, 0.15) is 6.10 Å². The van der Waals surface area contributed by atoms with Crippen LogP contribution in [0.15, 0.2) is 85.1 Å². The second kappa shape index (κ2) is 51.0. The molecule has 0 aliphatic carbocycles. The van der Waals surface area contributed by atoms with Gasteiger partial charge < -0.3 is 20.3 Å². The largest absolute Gasteiger partial charge is 0.462 e. The van der Waals surface area contributed by atoms with Crippen molar-refractivity contribution in [1.82, 2.24) is 5.32 Å². The van der Waals surface area contributed by atoms with Gasteiger partial charge in [-0.25, -0.2) is 0 Å². The zero-order valence-electron chi connectivity index (χ0n) is 41.9. The van der Waals surface area contributed by atoms with E-state index >= 15 is 0 Å². The molecule has 0 aromatic carbocycles. The summed E-state index contributed by atoms with van der Waals surface area (Å²) in [6, 6.07) is -0.731. The van der Waals surface area contributed by atoms with Crippen LogP contribution in [0, 0.1) is 0 Å². The molecule has 0 aliphatic heterocycles. The third-order valence-electron chi connectivity index (χ3n) is 11.9. The number of allylic oxidation sites excluding steroid dienone is 14. The van der Waals surface area contributed by atoms with Gasteiger partial charge in [-0.3, -0.25) is 9.59 Å². The fourth-order valence-electron chi connectivity index (χ4n) is 7.80. The van der Waals surface area contributed by atoms with Crippen LogP contribution in [-0.4, -0.2) is 46.9 Å². The highest BCUT2D eigenvalue weighted by atomic mass is 16.5. The second-order valence-electron chi connectivity index (χ2n) is 18.0. The summed E-state index contributed by atoms with van der Waals surface area (Å²) in [5.41, 5.74) is 0. The highest BCUT2D eigenvalue weighted by Crippen LogP contribution is 2.17. The monoisotopic (exact) mass is 892 g/mol. The van der Waals surface area contributed by atoms with Crippen molar-refractivity contribution in [3.8, 4) is 0 Å². The van der Waals surface area contributed by atoms with Gasteiger partial charge in [-0.2, -0.15) is 0 Å². The van der Waals surface area contributed by atoms with E-state index in [1.807, 2.05) is 36.5 Å². The molecule has 0 saturated heterocycles. The minimum Gasteiger partial charge on any atom is -0.462 e. The molecule has 0 aliphatic rings. The fourth-order valence-corrected chi connectivity index (χ4v) is 7.80. The van der Waals surface area contributed by atoms with Crippen molar-refractivity contribution in [2.75, 3.05) is 6.61 Å². The SMILES string of the molecule is CC/C=C/C=C/C=C\C=C/CCCC(CC(=O)NC(CO)C(O)CCCCCCCCCCCCCCCCCC)OC(=O)CCCCCCC/C=C/C=C/C=C/CCCCCCC. The molecule has 0 heterocycles. The molecule has 3 N–H and O–H groups in total. The molecule has 0 bridgehead atoms. The first-order chi connectivity index (χ1) is 31.5. The van der Waals surface area contributed by atoms with Gasteiger partial charge in [0.15, 0.2) is 0 Å². The third kappa shape index (κ3) is 45.6. The summed E-state index contributed by atoms with van der Waals surface area (Å²) in [4.78, 5) is 26.1. The number of aliphatic hydroxyl groups is 2. The summed E-state index contributed by atoms with van der Waals surface area (Å²) in [5, 5.41) is 23.8. The van der Waals surface area contributed by atoms with E-state index in [4.69, 9.17) is 4.74 Å². The highest BCUT2D eigenvalue weighted by molar-refractivity contribution is 5.77. The Morgan fingerprint density at radius 2 is 0.859 bits per heavy atom. The summed E-state index contributed by atoms with van der Waals surface area (Å²) in [5.74, 6) is -0.567. The van der Waals surface area contributed by atoms with Crippen LogP contribution in [0.4, 0.5) is 0 Å². The zero-order chi connectivity index (χ0) is 46.7. The van der Waals surface area contributed by atoms with Crippen molar-refractivity contribution in [3.63, 3.8) is 0 Å². The molecule has 368 valence electrons. The van der Waals surface area contributed by atoms with Crippen LogP contribution in [0.1, 0.15) is 245 Å².